The first-order valence-electron chi connectivity index (χ1n) is 7.75. The van der Waals surface area contributed by atoms with Crippen LogP contribution in [0.4, 0.5) is 10.1 Å². The minimum atomic E-state index is -0.394. The predicted molar refractivity (Wildman–Crippen MR) is 91.0 cm³/mol. The second-order valence-corrected chi connectivity index (χ2v) is 5.97. The van der Waals surface area contributed by atoms with E-state index in [0.717, 1.165) is 24.0 Å². The molecule has 1 amide bonds. The number of amides is 1. The number of aryl methyl sites for hydroxylation is 2. The number of pyridine rings is 1. The molecule has 0 unspecified atom stereocenters. The first kappa shape index (κ1) is 14.6. The number of rotatable bonds is 2. The molecule has 4 nitrogen and oxygen atoms in total. The Morgan fingerprint density at radius 3 is 2.67 bits per heavy atom. The van der Waals surface area contributed by atoms with Crippen molar-refractivity contribution >= 4 is 22.5 Å². The van der Waals surface area contributed by atoms with E-state index in [1.54, 1.807) is 19.3 Å². The van der Waals surface area contributed by atoms with Gasteiger partial charge in [0.05, 0.1) is 5.52 Å². The summed E-state index contributed by atoms with van der Waals surface area (Å²) in [6.07, 6.45) is 2.51. The molecular weight excluding hydrogens is 307 g/mol. The largest absolute Gasteiger partial charge is 0.346 e. The molecule has 0 atom stereocenters. The van der Waals surface area contributed by atoms with Crippen molar-refractivity contribution in [2.75, 3.05) is 11.9 Å². The Kier molecular flexibility index (Phi) is 3.23. The van der Waals surface area contributed by atoms with E-state index >= 15 is 0 Å². The van der Waals surface area contributed by atoms with E-state index in [4.69, 9.17) is 0 Å². The molecule has 0 saturated carbocycles. The molecule has 2 aromatic carbocycles. The lowest BCUT2D eigenvalue weighted by Gasteiger charge is -2.18. The van der Waals surface area contributed by atoms with Crippen molar-refractivity contribution < 1.29 is 9.18 Å². The van der Waals surface area contributed by atoms with Gasteiger partial charge in [0.1, 0.15) is 11.4 Å². The molecule has 24 heavy (non-hydrogen) atoms. The maximum absolute atomic E-state index is 13.1. The molecule has 1 aliphatic heterocycles. The van der Waals surface area contributed by atoms with Crippen LogP contribution in [0.1, 0.15) is 15.9 Å². The van der Waals surface area contributed by atoms with E-state index < -0.39 is 5.91 Å². The maximum Gasteiger partial charge on any atom is 0.263 e. The average molecular weight is 322 g/mol. The van der Waals surface area contributed by atoms with Crippen molar-refractivity contribution in [3.8, 4) is 0 Å². The van der Waals surface area contributed by atoms with Gasteiger partial charge in [-0.3, -0.25) is 9.59 Å². The van der Waals surface area contributed by atoms with Crippen molar-refractivity contribution in [1.29, 1.82) is 0 Å². The molecule has 3 aromatic rings. The molecule has 0 aliphatic carbocycles. The highest BCUT2D eigenvalue weighted by Crippen LogP contribution is 2.24. The number of para-hydroxylation sites is 1. The van der Waals surface area contributed by atoms with Gasteiger partial charge in [-0.25, -0.2) is 4.39 Å². The predicted octanol–water partition coefficient (Wildman–Crippen LogP) is 2.97. The van der Waals surface area contributed by atoms with Crippen LogP contribution in [0.3, 0.4) is 0 Å². The molecular formula is C19H15FN2O2. The van der Waals surface area contributed by atoms with Crippen molar-refractivity contribution in [1.82, 2.24) is 4.57 Å². The number of hydrogen-bond acceptors (Lipinski definition) is 2. The summed E-state index contributed by atoms with van der Waals surface area (Å²) in [5.74, 6) is -0.763. The molecule has 120 valence electrons. The average Bonchev–Trinajstić information content (AvgIpc) is 3.01. The molecule has 0 saturated heterocycles. The maximum atomic E-state index is 13.1. The van der Waals surface area contributed by atoms with Crippen LogP contribution >= 0.6 is 0 Å². The van der Waals surface area contributed by atoms with Gasteiger partial charge in [0.2, 0.25) is 5.43 Å². The van der Waals surface area contributed by atoms with Gasteiger partial charge in [-0.1, -0.05) is 12.1 Å². The van der Waals surface area contributed by atoms with Crippen molar-refractivity contribution in [3.63, 3.8) is 0 Å². The van der Waals surface area contributed by atoms with E-state index in [2.05, 4.69) is 0 Å². The number of hydrogen-bond donors (Lipinski definition) is 0. The summed E-state index contributed by atoms with van der Waals surface area (Å²) in [5.41, 5.74) is 2.47. The van der Waals surface area contributed by atoms with E-state index in [9.17, 15) is 14.0 Å². The van der Waals surface area contributed by atoms with Crippen molar-refractivity contribution in [3.05, 3.63) is 75.8 Å². The topological polar surface area (TPSA) is 42.3 Å². The van der Waals surface area contributed by atoms with Gasteiger partial charge >= 0.3 is 0 Å². The molecule has 0 N–H and O–H groups in total. The van der Waals surface area contributed by atoms with Crippen LogP contribution in [0, 0.1) is 5.82 Å². The summed E-state index contributed by atoms with van der Waals surface area (Å²) < 4.78 is 15.0. The second kappa shape index (κ2) is 5.30. The zero-order valence-corrected chi connectivity index (χ0v) is 13.1. The van der Waals surface area contributed by atoms with Crippen molar-refractivity contribution in [2.45, 2.75) is 13.0 Å². The third-order valence-corrected chi connectivity index (χ3v) is 4.55. The van der Waals surface area contributed by atoms with Crippen LogP contribution in [0.2, 0.25) is 0 Å². The highest BCUT2D eigenvalue weighted by atomic mass is 19.1. The van der Waals surface area contributed by atoms with Crippen LogP contribution in [-0.2, 0) is 13.0 Å². The normalized spacial score (nSPS) is 12.6. The van der Waals surface area contributed by atoms with Crippen LogP contribution < -0.4 is 10.3 Å². The van der Waals surface area contributed by atoms with E-state index in [1.165, 1.54) is 29.2 Å². The van der Waals surface area contributed by atoms with Crippen LogP contribution in [-0.4, -0.2) is 17.5 Å². The van der Waals surface area contributed by atoms with Crippen LogP contribution in [0.5, 0.6) is 0 Å². The van der Waals surface area contributed by atoms with Gasteiger partial charge in [-0.05, 0) is 42.3 Å². The standard InChI is InChI=1S/C19H15FN2O2/c1-21(14-7-5-13(20)6-8-14)19(24)16-11-22-10-9-12-3-2-4-15(17(12)22)18(16)23/h2-8,11H,9-10H2,1H3. The number of carbonyl (C=O) groups is 1. The third kappa shape index (κ3) is 2.12. The molecule has 1 aromatic heterocycles. The zero-order chi connectivity index (χ0) is 16.8. The lowest BCUT2D eigenvalue weighted by Crippen LogP contribution is -2.31. The number of halogens is 1. The lowest BCUT2D eigenvalue weighted by molar-refractivity contribution is 0.0991. The number of aromatic nitrogens is 1. The second-order valence-electron chi connectivity index (χ2n) is 5.97. The highest BCUT2D eigenvalue weighted by Gasteiger charge is 2.22. The fraction of sp³-hybridized carbons (Fsp3) is 0.158. The Morgan fingerprint density at radius 2 is 1.92 bits per heavy atom. The molecule has 0 fully saturated rings. The number of nitrogens with zero attached hydrogens (tertiary/aromatic N) is 2. The van der Waals surface area contributed by atoms with E-state index in [1.807, 2.05) is 16.7 Å². The number of carbonyl (C=O) groups excluding carboxylic acids is 1. The molecule has 0 radical (unpaired) electrons. The monoisotopic (exact) mass is 322 g/mol. The lowest BCUT2D eigenvalue weighted by atomic mass is 10.1. The molecule has 0 bridgehead atoms. The fourth-order valence-corrected chi connectivity index (χ4v) is 3.27. The van der Waals surface area contributed by atoms with E-state index in [-0.39, 0.29) is 16.8 Å². The molecule has 5 heteroatoms. The number of benzene rings is 2. The molecule has 0 spiro atoms. The van der Waals surface area contributed by atoms with Crippen LogP contribution in [0.15, 0.2) is 53.5 Å². The Morgan fingerprint density at radius 1 is 1.17 bits per heavy atom. The van der Waals surface area contributed by atoms with Gasteiger partial charge in [0, 0.05) is 30.9 Å². The quantitative estimate of drug-likeness (QED) is 0.728. The van der Waals surface area contributed by atoms with Gasteiger partial charge < -0.3 is 9.47 Å². The van der Waals surface area contributed by atoms with Crippen LogP contribution in [0.25, 0.3) is 10.9 Å². The Labute approximate surface area is 137 Å². The summed E-state index contributed by atoms with van der Waals surface area (Å²) in [5, 5.41) is 0.573. The third-order valence-electron chi connectivity index (χ3n) is 4.55. The van der Waals surface area contributed by atoms with E-state index in [0.29, 0.717) is 11.1 Å². The first-order valence-corrected chi connectivity index (χ1v) is 7.75. The first-order chi connectivity index (χ1) is 11.6. The summed E-state index contributed by atoms with van der Waals surface area (Å²) in [6, 6.07) is 11.2. The van der Waals surface area contributed by atoms with Crippen molar-refractivity contribution in [2.24, 2.45) is 0 Å². The Bertz CT molecular complexity index is 1020. The summed E-state index contributed by atoms with van der Waals surface area (Å²) in [6.45, 7) is 0.761. The minimum Gasteiger partial charge on any atom is -0.346 e. The number of anilines is 1. The molecule has 2 heterocycles. The fourth-order valence-electron chi connectivity index (χ4n) is 3.27. The molecule has 1 aliphatic rings. The highest BCUT2D eigenvalue weighted by molar-refractivity contribution is 6.07. The Balaban J connectivity index is 1.83. The van der Waals surface area contributed by atoms with Gasteiger partial charge in [-0.2, -0.15) is 0 Å². The Hall–Kier alpha value is -2.95. The zero-order valence-electron chi connectivity index (χ0n) is 13.1. The summed E-state index contributed by atoms with van der Waals surface area (Å²) >= 11 is 0. The summed E-state index contributed by atoms with van der Waals surface area (Å²) in [4.78, 5) is 26.9. The van der Waals surface area contributed by atoms with Gasteiger partial charge in [0.15, 0.2) is 0 Å². The smallest absolute Gasteiger partial charge is 0.263 e. The molecule has 4 rings (SSSR count). The summed E-state index contributed by atoms with van der Waals surface area (Å²) in [7, 11) is 1.58. The minimum absolute atomic E-state index is 0.133. The van der Waals surface area contributed by atoms with Gasteiger partial charge in [0.25, 0.3) is 5.91 Å². The van der Waals surface area contributed by atoms with Gasteiger partial charge in [-0.15, -0.1) is 0 Å². The SMILES string of the molecule is CN(C(=O)c1cn2c3c(cccc3c1=O)CC2)c1ccc(F)cc1.